The van der Waals surface area contributed by atoms with E-state index in [9.17, 15) is 19.6 Å². The summed E-state index contributed by atoms with van der Waals surface area (Å²) in [5.41, 5.74) is -1.28. The second kappa shape index (κ2) is 14.0. The first-order chi connectivity index (χ1) is 25.1. The third kappa shape index (κ3) is 6.70. The number of nitriles is 1. The summed E-state index contributed by atoms with van der Waals surface area (Å²) in [5.74, 6) is 0.580. The molecule has 0 unspecified atom stereocenters. The van der Waals surface area contributed by atoms with Crippen LogP contribution in [0.5, 0.6) is 11.8 Å². The first kappa shape index (κ1) is 35.1. The third-order valence-electron chi connectivity index (χ3n) is 10.6. The highest BCUT2D eigenvalue weighted by Gasteiger charge is 2.45. The van der Waals surface area contributed by atoms with E-state index in [0.29, 0.717) is 50.4 Å². The molecule has 4 aromatic rings. The number of amides is 1. The molecule has 0 bridgehead atoms. The van der Waals surface area contributed by atoms with Gasteiger partial charge in [-0.05, 0) is 62.3 Å². The number of pyridine rings is 1. The lowest BCUT2D eigenvalue weighted by atomic mass is 9.80. The Morgan fingerprint density at radius 2 is 2.02 bits per heavy atom. The summed E-state index contributed by atoms with van der Waals surface area (Å²) in [5, 5.41) is 24.6. The van der Waals surface area contributed by atoms with Crippen LogP contribution in [-0.4, -0.2) is 89.5 Å². The standard InChI is InChI=1S/C39H39F2N7O4/c1-4-26-29(40)8-7-24-17-25(49)18-27(32(24)26)34-33(41)35-28(19-43-34)36(48-12-6-9-38(3,21-42)30(20-48)44-31(50)5-2)46-37(45-35)52-23-39(10-11-39)22-47-13-15-51-16-14-47/h1,5,7-8,17-19,30,49H,2,6,9-16,20,22-23H2,3H3,(H,44,50)/t30-,38+/m1/s1. The number of hydrogen-bond acceptors (Lipinski definition) is 10. The van der Waals surface area contributed by atoms with Crippen LogP contribution in [0.3, 0.4) is 0 Å². The summed E-state index contributed by atoms with van der Waals surface area (Å²) in [6.45, 7) is 10.2. The molecule has 268 valence electrons. The monoisotopic (exact) mass is 707 g/mol. The fourth-order valence-electron chi connectivity index (χ4n) is 7.33. The fourth-order valence-corrected chi connectivity index (χ4v) is 7.33. The molecule has 2 aliphatic heterocycles. The SMILES string of the molecule is C#Cc1c(F)ccc2cc(O)cc(-c3ncc4c(N5CCC[C@@](C)(C#N)[C@H](NC(=O)C=C)C5)nc(OCC5(CN6CCOCC6)CC5)nc4c3F)c12. The summed E-state index contributed by atoms with van der Waals surface area (Å²) in [4.78, 5) is 30.7. The van der Waals surface area contributed by atoms with E-state index in [1.165, 1.54) is 30.5 Å². The number of phenols is 1. The number of anilines is 1. The van der Waals surface area contributed by atoms with E-state index < -0.39 is 29.0 Å². The number of morpholine rings is 1. The van der Waals surface area contributed by atoms with Gasteiger partial charge in [-0.3, -0.25) is 14.7 Å². The van der Waals surface area contributed by atoms with Gasteiger partial charge in [-0.2, -0.15) is 15.2 Å². The van der Waals surface area contributed by atoms with Crippen molar-refractivity contribution in [3.8, 4) is 41.4 Å². The number of nitrogens with one attached hydrogen (secondary N) is 1. The molecular formula is C39H39F2N7O4. The van der Waals surface area contributed by atoms with Gasteiger partial charge in [0.2, 0.25) is 5.91 Å². The van der Waals surface area contributed by atoms with E-state index in [1.807, 2.05) is 4.90 Å². The lowest BCUT2D eigenvalue weighted by molar-refractivity contribution is -0.117. The van der Waals surface area contributed by atoms with Gasteiger partial charge in [0, 0.05) is 55.3 Å². The van der Waals surface area contributed by atoms with Crippen LogP contribution in [0, 0.1) is 46.1 Å². The van der Waals surface area contributed by atoms with E-state index in [-0.39, 0.29) is 56.8 Å². The maximum Gasteiger partial charge on any atom is 0.319 e. The summed E-state index contributed by atoms with van der Waals surface area (Å²) in [7, 11) is 0. The predicted octanol–water partition coefficient (Wildman–Crippen LogP) is 5.10. The number of benzene rings is 2. The van der Waals surface area contributed by atoms with Gasteiger partial charge in [-0.15, -0.1) is 6.42 Å². The molecule has 13 heteroatoms. The molecule has 3 aliphatic rings. The number of terminal acetylenes is 1. The number of phenolic OH excluding ortho intramolecular Hbond substituents is 1. The van der Waals surface area contributed by atoms with E-state index >= 15 is 4.39 Å². The first-order valence-corrected chi connectivity index (χ1v) is 17.4. The summed E-state index contributed by atoms with van der Waals surface area (Å²) >= 11 is 0. The maximum absolute atomic E-state index is 17.0. The minimum Gasteiger partial charge on any atom is -0.508 e. The zero-order chi connectivity index (χ0) is 36.6. The van der Waals surface area contributed by atoms with E-state index in [2.05, 4.69) is 38.8 Å². The Morgan fingerprint density at radius 3 is 2.73 bits per heavy atom. The molecule has 1 saturated carbocycles. The Kier molecular flexibility index (Phi) is 9.42. The molecular weight excluding hydrogens is 668 g/mol. The average molecular weight is 708 g/mol. The van der Waals surface area contributed by atoms with Gasteiger partial charge in [0.15, 0.2) is 5.82 Å². The third-order valence-corrected chi connectivity index (χ3v) is 10.6. The van der Waals surface area contributed by atoms with Gasteiger partial charge < -0.3 is 24.8 Å². The minimum absolute atomic E-state index is 0.0399. The van der Waals surface area contributed by atoms with Crippen molar-refractivity contribution in [3.63, 3.8) is 0 Å². The highest BCUT2D eigenvalue weighted by molar-refractivity contribution is 6.03. The highest BCUT2D eigenvalue weighted by Crippen LogP contribution is 2.47. The quantitative estimate of drug-likeness (QED) is 0.179. The second-order valence-corrected chi connectivity index (χ2v) is 14.2. The molecule has 2 N–H and O–H groups in total. The molecule has 2 aromatic heterocycles. The van der Waals surface area contributed by atoms with E-state index in [1.54, 1.807) is 6.92 Å². The minimum atomic E-state index is -0.898. The molecule has 0 radical (unpaired) electrons. The van der Waals surface area contributed by atoms with Gasteiger partial charge in [0.25, 0.3) is 0 Å². The van der Waals surface area contributed by atoms with Crippen LogP contribution in [0.4, 0.5) is 14.6 Å². The molecule has 0 spiro atoms. The van der Waals surface area contributed by atoms with Crippen molar-refractivity contribution < 1.29 is 28.2 Å². The maximum atomic E-state index is 17.0. The Morgan fingerprint density at radius 1 is 1.23 bits per heavy atom. The van der Waals surface area contributed by atoms with Crippen LogP contribution in [0.15, 0.2) is 43.1 Å². The van der Waals surface area contributed by atoms with Crippen molar-refractivity contribution in [1.82, 2.24) is 25.2 Å². The topological polar surface area (TPSA) is 137 Å². The lowest BCUT2D eigenvalue weighted by Gasteiger charge is -2.33. The number of aromatic nitrogens is 3. The van der Waals surface area contributed by atoms with Gasteiger partial charge in [-0.25, -0.2) is 8.78 Å². The zero-order valence-corrected chi connectivity index (χ0v) is 28.9. The van der Waals surface area contributed by atoms with Crippen LogP contribution in [0.1, 0.15) is 38.2 Å². The van der Waals surface area contributed by atoms with Gasteiger partial charge in [0.05, 0.1) is 48.3 Å². The summed E-state index contributed by atoms with van der Waals surface area (Å²) in [6, 6.07) is 7.11. The lowest BCUT2D eigenvalue weighted by Crippen LogP contribution is -2.50. The van der Waals surface area contributed by atoms with Gasteiger partial charge >= 0.3 is 6.01 Å². The second-order valence-electron chi connectivity index (χ2n) is 14.2. The van der Waals surface area contributed by atoms with Crippen molar-refractivity contribution in [2.75, 3.05) is 57.4 Å². The van der Waals surface area contributed by atoms with Crippen molar-refractivity contribution in [2.45, 2.75) is 38.6 Å². The van der Waals surface area contributed by atoms with Gasteiger partial charge in [-0.1, -0.05) is 18.6 Å². The molecule has 1 aliphatic carbocycles. The molecule has 11 nitrogen and oxygen atoms in total. The van der Waals surface area contributed by atoms with Crippen molar-refractivity contribution in [1.29, 1.82) is 5.26 Å². The molecule has 2 saturated heterocycles. The fraction of sp³-hybridized carbons (Fsp3) is 0.410. The normalized spacial score (nSPS) is 21.6. The molecule has 2 aromatic carbocycles. The molecule has 52 heavy (non-hydrogen) atoms. The molecule has 1 amide bonds. The van der Waals surface area contributed by atoms with Crippen LogP contribution in [0.25, 0.3) is 32.9 Å². The number of rotatable bonds is 9. The van der Waals surface area contributed by atoms with E-state index in [4.69, 9.17) is 20.9 Å². The number of carbonyl (C=O) groups is 1. The van der Waals surface area contributed by atoms with Crippen LogP contribution >= 0.6 is 0 Å². The molecule has 7 rings (SSSR count). The summed E-state index contributed by atoms with van der Waals surface area (Å²) < 4.78 is 43.8. The Labute approximate surface area is 300 Å². The number of aromatic hydroxyl groups is 1. The first-order valence-electron chi connectivity index (χ1n) is 17.4. The smallest absolute Gasteiger partial charge is 0.319 e. The zero-order valence-electron chi connectivity index (χ0n) is 28.9. The van der Waals surface area contributed by atoms with Crippen LogP contribution < -0.4 is 15.0 Å². The largest absolute Gasteiger partial charge is 0.508 e. The predicted molar refractivity (Wildman–Crippen MR) is 192 cm³/mol. The average Bonchev–Trinajstić information content (AvgIpc) is 3.94. The number of carbonyl (C=O) groups excluding carboxylic acids is 1. The number of ether oxygens (including phenoxy) is 2. The highest BCUT2D eigenvalue weighted by atomic mass is 19.1. The Bertz CT molecular complexity index is 2160. The van der Waals surface area contributed by atoms with Crippen LogP contribution in [-0.2, 0) is 9.53 Å². The Hall–Kier alpha value is -5.37. The number of fused-ring (bicyclic) bond motifs is 2. The van der Waals surface area contributed by atoms with Crippen molar-refractivity contribution in [2.24, 2.45) is 10.8 Å². The molecule has 4 heterocycles. The van der Waals surface area contributed by atoms with Crippen LogP contribution in [0.2, 0.25) is 0 Å². The number of halogens is 2. The number of hydrogen-bond donors (Lipinski definition) is 2. The van der Waals surface area contributed by atoms with Gasteiger partial charge in [0.1, 0.15) is 28.6 Å². The molecule has 3 fully saturated rings. The van der Waals surface area contributed by atoms with E-state index in [0.717, 1.165) is 38.6 Å². The summed E-state index contributed by atoms with van der Waals surface area (Å²) in [6.07, 6.45) is 11.3. The molecule has 2 atom stereocenters. The van der Waals surface area contributed by atoms with Crippen molar-refractivity contribution in [3.05, 3.63) is 60.3 Å². The Balaban J connectivity index is 1.34. The van der Waals surface area contributed by atoms with Crippen molar-refractivity contribution >= 4 is 33.4 Å². The number of nitrogens with zero attached hydrogens (tertiary/aromatic N) is 6.